The monoisotopic (exact) mass is 306 g/mol. The lowest BCUT2D eigenvalue weighted by molar-refractivity contribution is 0.318. The van der Waals surface area contributed by atoms with Crippen LogP contribution in [0.3, 0.4) is 0 Å². The van der Waals surface area contributed by atoms with Crippen molar-refractivity contribution in [2.45, 2.75) is 23.6 Å². The minimum atomic E-state index is 0.0545. The number of nitrogens with two attached hydrogens (primary N) is 1. The zero-order valence-corrected chi connectivity index (χ0v) is 12.8. The van der Waals surface area contributed by atoms with Crippen molar-refractivity contribution in [3.63, 3.8) is 0 Å². The fourth-order valence-electron chi connectivity index (χ4n) is 1.75. The highest BCUT2D eigenvalue weighted by Crippen LogP contribution is 2.32. The lowest BCUT2D eigenvalue weighted by Gasteiger charge is -2.10. The van der Waals surface area contributed by atoms with Gasteiger partial charge in [-0.3, -0.25) is 0 Å². The molecule has 0 spiro atoms. The molecule has 0 amide bonds. The van der Waals surface area contributed by atoms with Gasteiger partial charge in [-0.05, 0) is 55.3 Å². The SMILES string of the molecule is Cc1ccc(Sc2ccc(Cl)cc2C(N)=NO)cc1C. The van der Waals surface area contributed by atoms with E-state index in [-0.39, 0.29) is 5.84 Å². The van der Waals surface area contributed by atoms with E-state index in [9.17, 15) is 0 Å². The third-order valence-corrected chi connectivity index (χ3v) is 4.33. The van der Waals surface area contributed by atoms with Gasteiger partial charge in [0.05, 0.1) is 0 Å². The number of amidine groups is 1. The van der Waals surface area contributed by atoms with Crippen LogP contribution in [-0.2, 0) is 0 Å². The summed E-state index contributed by atoms with van der Waals surface area (Å²) in [6.45, 7) is 4.15. The fourth-order valence-corrected chi connectivity index (χ4v) is 2.96. The molecule has 2 aromatic carbocycles. The van der Waals surface area contributed by atoms with E-state index in [1.165, 1.54) is 11.1 Å². The van der Waals surface area contributed by atoms with Gasteiger partial charge in [0.25, 0.3) is 0 Å². The lowest BCUT2D eigenvalue weighted by atomic mass is 10.1. The van der Waals surface area contributed by atoms with Crippen LogP contribution in [0.2, 0.25) is 5.02 Å². The van der Waals surface area contributed by atoms with E-state index in [1.807, 2.05) is 6.07 Å². The zero-order valence-electron chi connectivity index (χ0n) is 11.2. The molecule has 0 heterocycles. The summed E-state index contributed by atoms with van der Waals surface area (Å²) in [7, 11) is 0. The van der Waals surface area contributed by atoms with Gasteiger partial charge in [0.15, 0.2) is 5.84 Å². The number of rotatable bonds is 3. The molecule has 0 radical (unpaired) electrons. The second kappa shape index (κ2) is 6.20. The predicted octanol–water partition coefficient (Wildman–Crippen LogP) is 4.20. The molecular formula is C15H15ClN2OS. The molecule has 0 aliphatic heterocycles. The minimum Gasteiger partial charge on any atom is -0.409 e. The van der Waals surface area contributed by atoms with Gasteiger partial charge in [-0.2, -0.15) is 0 Å². The van der Waals surface area contributed by atoms with Gasteiger partial charge in [0.1, 0.15) is 0 Å². The topological polar surface area (TPSA) is 58.6 Å². The van der Waals surface area contributed by atoms with E-state index >= 15 is 0 Å². The average Bonchev–Trinajstić information content (AvgIpc) is 2.44. The molecule has 2 rings (SSSR count). The highest BCUT2D eigenvalue weighted by atomic mass is 35.5. The van der Waals surface area contributed by atoms with E-state index in [4.69, 9.17) is 22.5 Å². The van der Waals surface area contributed by atoms with E-state index in [0.717, 1.165) is 9.79 Å². The Balaban J connectivity index is 2.40. The van der Waals surface area contributed by atoms with Crippen molar-refractivity contribution in [3.05, 3.63) is 58.1 Å². The summed E-state index contributed by atoms with van der Waals surface area (Å²) in [6.07, 6.45) is 0. The fraction of sp³-hybridized carbons (Fsp3) is 0.133. The largest absolute Gasteiger partial charge is 0.409 e. The first kappa shape index (κ1) is 14.8. The van der Waals surface area contributed by atoms with Crippen LogP contribution in [0.4, 0.5) is 0 Å². The van der Waals surface area contributed by atoms with Crippen molar-refractivity contribution in [2.24, 2.45) is 10.9 Å². The summed E-state index contributed by atoms with van der Waals surface area (Å²) in [5.41, 5.74) is 8.81. The maximum absolute atomic E-state index is 8.86. The molecule has 20 heavy (non-hydrogen) atoms. The van der Waals surface area contributed by atoms with Crippen molar-refractivity contribution in [1.29, 1.82) is 0 Å². The molecule has 0 saturated heterocycles. The first-order valence-corrected chi connectivity index (χ1v) is 7.23. The summed E-state index contributed by atoms with van der Waals surface area (Å²) in [5.74, 6) is 0.0545. The number of benzene rings is 2. The second-order valence-electron chi connectivity index (χ2n) is 4.47. The van der Waals surface area contributed by atoms with Crippen LogP contribution in [0.15, 0.2) is 51.3 Å². The van der Waals surface area contributed by atoms with Crippen LogP contribution >= 0.6 is 23.4 Å². The predicted molar refractivity (Wildman–Crippen MR) is 84.0 cm³/mol. The molecule has 3 N–H and O–H groups in total. The van der Waals surface area contributed by atoms with Crippen LogP contribution in [0.25, 0.3) is 0 Å². The number of oxime groups is 1. The van der Waals surface area contributed by atoms with Gasteiger partial charge in [-0.15, -0.1) is 0 Å². The molecule has 0 bridgehead atoms. The Morgan fingerprint density at radius 1 is 1.15 bits per heavy atom. The standard InChI is InChI=1S/C15H15ClN2OS/c1-9-3-5-12(7-10(9)2)20-14-6-4-11(16)8-13(14)15(17)18-19/h3-8,19H,1-2H3,(H2,17,18). The van der Waals surface area contributed by atoms with Crippen molar-refractivity contribution in [1.82, 2.24) is 0 Å². The maximum atomic E-state index is 8.86. The van der Waals surface area contributed by atoms with Crippen molar-refractivity contribution in [2.75, 3.05) is 0 Å². The Bertz CT molecular complexity index is 671. The molecule has 3 nitrogen and oxygen atoms in total. The van der Waals surface area contributed by atoms with Gasteiger partial charge < -0.3 is 10.9 Å². The number of hydrogen-bond acceptors (Lipinski definition) is 3. The first-order chi connectivity index (χ1) is 9.51. The lowest BCUT2D eigenvalue weighted by Crippen LogP contribution is -2.14. The van der Waals surface area contributed by atoms with Gasteiger partial charge in [0, 0.05) is 20.4 Å². The van der Waals surface area contributed by atoms with Crippen LogP contribution in [0.5, 0.6) is 0 Å². The molecule has 0 fully saturated rings. The van der Waals surface area contributed by atoms with E-state index in [2.05, 4.69) is 37.2 Å². The quantitative estimate of drug-likeness (QED) is 0.387. The molecule has 0 saturated carbocycles. The Labute approximate surface area is 127 Å². The van der Waals surface area contributed by atoms with E-state index < -0.39 is 0 Å². The maximum Gasteiger partial charge on any atom is 0.171 e. The highest BCUT2D eigenvalue weighted by molar-refractivity contribution is 7.99. The normalized spacial score (nSPS) is 11.7. The molecule has 0 unspecified atom stereocenters. The Morgan fingerprint density at radius 2 is 1.90 bits per heavy atom. The van der Waals surface area contributed by atoms with Gasteiger partial charge in [0.2, 0.25) is 0 Å². The summed E-state index contributed by atoms with van der Waals surface area (Å²) in [4.78, 5) is 2.00. The molecule has 5 heteroatoms. The third kappa shape index (κ3) is 3.26. The van der Waals surface area contributed by atoms with Crippen LogP contribution in [0.1, 0.15) is 16.7 Å². The minimum absolute atomic E-state index is 0.0545. The Kier molecular flexibility index (Phi) is 4.57. The summed E-state index contributed by atoms with van der Waals surface area (Å²) >= 11 is 7.52. The third-order valence-electron chi connectivity index (χ3n) is 3.03. The number of nitrogens with zero attached hydrogens (tertiary/aromatic N) is 1. The van der Waals surface area contributed by atoms with Crippen LogP contribution in [0, 0.1) is 13.8 Å². The van der Waals surface area contributed by atoms with Gasteiger partial charge >= 0.3 is 0 Å². The highest BCUT2D eigenvalue weighted by Gasteiger charge is 2.10. The summed E-state index contributed by atoms with van der Waals surface area (Å²) < 4.78 is 0. The molecule has 0 atom stereocenters. The van der Waals surface area contributed by atoms with Crippen LogP contribution < -0.4 is 5.73 Å². The first-order valence-electron chi connectivity index (χ1n) is 6.04. The molecule has 0 aromatic heterocycles. The molecule has 0 aliphatic rings. The molecule has 104 valence electrons. The Hall–Kier alpha value is -1.65. The summed E-state index contributed by atoms with van der Waals surface area (Å²) in [6, 6.07) is 11.6. The smallest absolute Gasteiger partial charge is 0.171 e. The zero-order chi connectivity index (χ0) is 14.7. The number of halogens is 1. The van der Waals surface area contributed by atoms with Gasteiger partial charge in [-0.25, -0.2) is 0 Å². The van der Waals surface area contributed by atoms with Crippen molar-refractivity contribution >= 4 is 29.2 Å². The average molecular weight is 307 g/mol. The molecular weight excluding hydrogens is 292 g/mol. The van der Waals surface area contributed by atoms with Crippen molar-refractivity contribution in [3.8, 4) is 0 Å². The van der Waals surface area contributed by atoms with Gasteiger partial charge in [-0.1, -0.05) is 34.6 Å². The van der Waals surface area contributed by atoms with Crippen LogP contribution in [-0.4, -0.2) is 11.0 Å². The number of aryl methyl sites for hydroxylation is 2. The van der Waals surface area contributed by atoms with Crippen molar-refractivity contribution < 1.29 is 5.21 Å². The molecule has 0 aliphatic carbocycles. The Morgan fingerprint density at radius 3 is 2.55 bits per heavy atom. The van der Waals surface area contributed by atoms with E-state index in [1.54, 1.807) is 23.9 Å². The summed E-state index contributed by atoms with van der Waals surface area (Å²) in [5, 5.41) is 12.5. The second-order valence-corrected chi connectivity index (χ2v) is 6.03. The number of hydrogen-bond donors (Lipinski definition) is 2. The van der Waals surface area contributed by atoms with E-state index in [0.29, 0.717) is 10.6 Å². The molecule has 2 aromatic rings.